The number of benzene rings is 1. The van der Waals surface area contributed by atoms with Gasteiger partial charge in [0.15, 0.2) is 0 Å². The molecule has 0 N–H and O–H groups in total. The highest BCUT2D eigenvalue weighted by molar-refractivity contribution is 7.19. The monoisotopic (exact) mass is 286 g/mol. The van der Waals surface area contributed by atoms with Crippen LogP contribution in [0.25, 0.3) is 16.2 Å². The first kappa shape index (κ1) is 13.4. The molecule has 3 rings (SSSR count). The lowest BCUT2D eigenvalue weighted by Crippen LogP contribution is -2.19. The lowest BCUT2D eigenvalue weighted by molar-refractivity contribution is -0.144. The van der Waals surface area contributed by atoms with Crippen molar-refractivity contribution in [2.45, 2.75) is 38.2 Å². The SMILES string of the molecule is O=C(/C=C/c1cc2ccccc2s1)OC1CCCCC1. The molecule has 1 aliphatic carbocycles. The van der Waals surface area contributed by atoms with E-state index in [9.17, 15) is 4.79 Å². The first-order valence-corrected chi connectivity index (χ1v) is 8.00. The Hall–Kier alpha value is -1.61. The van der Waals surface area contributed by atoms with Gasteiger partial charge in [-0.2, -0.15) is 0 Å². The van der Waals surface area contributed by atoms with Crippen molar-refractivity contribution in [2.75, 3.05) is 0 Å². The predicted molar refractivity (Wildman–Crippen MR) is 83.8 cm³/mol. The Morgan fingerprint density at radius 2 is 2.00 bits per heavy atom. The van der Waals surface area contributed by atoms with Crippen molar-refractivity contribution in [2.24, 2.45) is 0 Å². The second-order valence-electron chi connectivity index (χ2n) is 5.22. The molecule has 20 heavy (non-hydrogen) atoms. The molecule has 0 spiro atoms. The fourth-order valence-electron chi connectivity index (χ4n) is 2.62. The molecule has 1 aliphatic rings. The van der Waals surface area contributed by atoms with Crippen LogP contribution in [0.15, 0.2) is 36.4 Å². The van der Waals surface area contributed by atoms with E-state index in [2.05, 4.69) is 18.2 Å². The second kappa shape index (κ2) is 6.23. The van der Waals surface area contributed by atoms with E-state index in [4.69, 9.17) is 4.74 Å². The maximum Gasteiger partial charge on any atom is 0.331 e. The third-order valence-corrected chi connectivity index (χ3v) is 4.74. The van der Waals surface area contributed by atoms with Gasteiger partial charge in [0.05, 0.1) is 0 Å². The maximum atomic E-state index is 11.8. The normalized spacial score (nSPS) is 16.8. The minimum absolute atomic E-state index is 0.128. The van der Waals surface area contributed by atoms with Gasteiger partial charge in [-0.15, -0.1) is 11.3 Å². The van der Waals surface area contributed by atoms with Crippen LogP contribution in [0, 0.1) is 0 Å². The Kier molecular flexibility index (Phi) is 4.16. The van der Waals surface area contributed by atoms with Crippen molar-refractivity contribution in [3.63, 3.8) is 0 Å². The number of rotatable bonds is 3. The minimum atomic E-state index is -0.214. The van der Waals surface area contributed by atoms with Gasteiger partial charge < -0.3 is 4.74 Å². The third-order valence-electron chi connectivity index (χ3n) is 3.66. The van der Waals surface area contributed by atoms with Crippen LogP contribution in [0.4, 0.5) is 0 Å². The summed E-state index contributed by atoms with van der Waals surface area (Å²) in [4.78, 5) is 12.9. The first-order chi connectivity index (χ1) is 9.81. The number of carbonyl (C=O) groups excluding carboxylic acids is 1. The molecule has 0 atom stereocenters. The molecule has 1 aromatic carbocycles. The van der Waals surface area contributed by atoms with E-state index in [0.29, 0.717) is 0 Å². The van der Waals surface area contributed by atoms with E-state index in [1.54, 1.807) is 17.4 Å². The van der Waals surface area contributed by atoms with Gasteiger partial charge in [0.25, 0.3) is 0 Å². The third kappa shape index (κ3) is 3.28. The molecule has 1 heterocycles. The van der Waals surface area contributed by atoms with E-state index in [1.165, 1.54) is 29.3 Å². The molecule has 2 aromatic rings. The molecule has 0 radical (unpaired) electrons. The molecule has 2 nitrogen and oxygen atoms in total. The summed E-state index contributed by atoms with van der Waals surface area (Å²) in [6.07, 6.45) is 9.20. The number of carbonyl (C=O) groups is 1. The molecule has 0 amide bonds. The van der Waals surface area contributed by atoms with Crippen molar-refractivity contribution < 1.29 is 9.53 Å². The quantitative estimate of drug-likeness (QED) is 0.599. The fourth-order valence-corrected chi connectivity index (χ4v) is 3.59. The first-order valence-electron chi connectivity index (χ1n) is 7.18. The van der Waals surface area contributed by atoms with Crippen molar-refractivity contribution in [1.29, 1.82) is 0 Å². The largest absolute Gasteiger partial charge is 0.459 e. The molecule has 104 valence electrons. The number of ether oxygens (including phenoxy) is 1. The number of hydrogen-bond donors (Lipinski definition) is 0. The summed E-state index contributed by atoms with van der Waals surface area (Å²) >= 11 is 1.69. The van der Waals surface area contributed by atoms with E-state index in [-0.39, 0.29) is 12.1 Å². The Morgan fingerprint density at radius 3 is 2.80 bits per heavy atom. The molecule has 0 unspecified atom stereocenters. The maximum absolute atomic E-state index is 11.8. The minimum Gasteiger partial charge on any atom is -0.459 e. The summed E-state index contributed by atoms with van der Waals surface area (Å²) in [6.45, 7) is 0. The van der Waals surface area contributed by atoms with Crippen LogP contribution in [-0.2, 0) is 9.53 Å². The van der Waals surface area contributed by atoms with Gasteiger partial charge in [-0.1, -0.05) is 24.6 Å². The van der Waals surface area contributed by atoms with Gasteiger partial charge in [0, 0.05) is 15.7 Å². The van der Waals surface area contributed by atoms with Gasteiger partial charge in [-0.3, -0.25) is 0 Å². The average Bonchev–Trinajstić information content (AvgIpc) is 2.89. The van der Waals surface area contributed by atoms with Gasteiger partial charge in [0.1, 0.15) is 6.10 Å². The second-order valence-corrected chi connectivity index (χ2v) is 6.33. The Balaban J connectivity index is 1.62. The van der Waals surface area contributed by atoms with Gasteiger partial charge in [0.2, 0.25) is 0 Å². The zero-order valence-electron chi connectivity index (χ0n) is 11.4. The number of esters is 1. The molecule has 0 aliphatic heterocycles. The molecular formula is C17H18O2S. The summed E-state index contributed by atoms with van der Waals surface area (Å²) in [5.41, 5.74) is 0. The van der Waals surface area contributed by atoms with Crippen LogP contribution in [0.1, 0.15) is 37.0 Å². The molecule has 0 bridgehead atoms. The van der Waals surface area contributed by atoms with Crippen molar-refractivity contribution in [1.82, 2.24) is 0 Å². The summed E-state index contributed by atoms with van der Waals surface area (Å²) in [7, 11) is 0. The van der Waals surface area contributed by atoms with Crippen LogP contribution >= 0.6 is 11.3 Å². The molecular weight excluding hydrogens is 268 g/mol. The average molecular weight is 286 g/mol. The van der Waals surface area contributed by atoms with Crippen molar-refractivity contribution in [3.05, 3.63) is 41.3 Å². The smallest absolute Gasteiger partial charge is 0.331 e. The van der Waals surface area contributed by atoms with E-state index < -0.39 is 0 Å². The molecule has 0 saturated heterocycles. The zero-order chi connectivity index (χ0) is 13.8. The summed E-state index contributed by atoms with van der Waals surface area (Å²) in [5.74, 6) is -0.214. The number of thiophene rings is 1. The standard InChI is InChI=1S/C17H18O2S/c18-17(19-14-7-2-1-3-8-14)11-10-15-12-13-6-4-5-9-16(13)20-15/h4-6,9-12,14H,1-3,7-8H2/b11-10+. The molecule has 1 aromatic heterocycles. The molecule has 3 heteroatoms. The van der Waals surface area contributed by atoms with Crippen LogP contribution in [0.2, 0.25) is 0 Å². The fraction of sp³-hybridized carbons (Fsp3) is 0.353. The van der Waals surface area contributed by atoms with E-state index >= 15 is 0 Å². The van der Waals surface area contributed by atoms with Crippen LogP contribution in [-0.4, -0.2) is 12.1 Å². The van der Waals surface area contributed by atoms with E-state index in [1.807, 2.05) is 18.2 Å². The molecule has 1 saturated carbocycles. The van der Waals surface area contributed by atoms with Gasteiger partial charge in [-0.25, -0.2) is 4.79 Å². The Bertz CT molecular complexity index is 588. The molecule has 1 fully saturated rings. The van der Waals surface area contributed by atoms with Crippen LogP contribution in [0.3, 0.4) is 0 Å². The summed E-state index contributed by atoms with van der Waals surface area (Å²) in [6, 6.07) is 10.3. The van der Waals surface area contributed by atoms with Gasteiger partial charge in [-0.05, 0) is 49.3 Å². The van der Waals surface area contributed by atoms with Crippen LogP contribution < -0.4 is 0 Å². The zero-order valence-corrected chi connectivity index (χ0v) is 12.2. The lowest BCUT2D eigenvalue weighted by atomic mass is 9.98. The van der Waals surface area contributed by atoms with Gasteiger partial charge >= 0.3 is 5.97 Å². The highest BCUT2D eigenvalue weighted by atomic mass is 32.1. The predicted octanol–water partition coefficient (Wildman–Crippen LogP) is 4.79. The number of hydrogen-bond acceptors (Lipinski definition) is 3. The van der Waals surface area contributed by atoms with Crippen LogP contribution in [0.5, 0.6) is 0 Å². The summed E-state index contributed by atoms with van der Waals surface area (Å²) < 4.78 is 6.71. The lowest BCUT2D eigenvalue weighted by Gasteiger charge is -2.20. The number of fused-ring (bicyclic) bond motifs is 1. The summed E-state index contributed by atoms with van der Waals surface area (Å²) in [5, 5.41) is 1.22. The van der Waals surface area contributed by atoms with Crippen molar-refractivity contribution in [3.8, 4) is 0 Å². The van der Waals surface area contributed by atoms with E-state index in [0.717, 1.165) is 17.7 Å². The van der Waals surface area contributed by atoms with Crippen molar-refractivity contribution >= 4 is 33.5 Å². The highest BCUT2D eigenvalue weighted by Gasteiger charge is 2.16. The Morgan fingerprint density at radius 1 is 1.20 bits per heavy atom. The highest BCUT2D eigenvalue weighted by Crippen LogP contribution is 2.26. The Labute approximate surface area is 123 Å². The topological polar surface area (TPSA) is 26.3 Å².